The molecule has 0 radical (unpaired) electrons. The number of allylic oxidation sites excluding steroid dienone is 2. The first-order valence-corrected chi connectivity index (χ1v) is 11.7. The standard InChI is InChI=1S/C28H24F6O3/c1-3-36-21-12-9-18(24(30)27(21)33)19-10-13-22(28(34)25(19)31)37-14-15-4-6-16(7-5-15)17-8-11-20(35-2)26(32)23(17)29/h6,8-13,15H,3-5,7,14H2,1-2H3. The molecular weight excluding hydrogens is 498 g/mol. The molecule has 9 heteroatoms. The van der Waals surface area contributed by atoms with Crippen molar-refractivity contribution in [2.45, 2.75) is 26.2 Å². The highest BCUT2D eigenvalue weighted by Crippen LogP contribution is 2.37. The van der Waals surface area contributed by atoms with E-state index in [2.05, 4.69) is 0 Å². The minimum Gasteiger partial charge on any atom is -0.494 e. The lowest BCUT2D eigenvalue weighted by Gasteiger charge is -2.23. The van der Waals surface area contributed by atoms with Crippen LogP contribution in [-0.2, 0) is 0 Å². The van der Waals surface area contributed by atoms with Gasteiger partial charge in [0.2, 0.25) is 17.5 Å². The Kier molecular flexibility index (Phi) is 8.00. The van der Waals surface area contributed by atoms with Crippen LogP contribution in [0.5, 0.6) is 17.2 Å². The van der Waals surface area contributed by atoms with E-state index in [0.29, 0.717) is 24.8 Å². The van der Waals surface area contributed by atoms with Gasteiger partial charge in [0.25, 0.3) is 0 Å². The summed E-state index contributed by atoms with van der Waals surface area (Å²) in [6, 6.07) is 7.35. The van der Waals surface area contributed by atoms with E-state index in [1.165, 1.54) is 19.2 Å². The van der Waals surface area contributed by atoms with Crippen molar-refractivity contribution >= 4 is 5.57 Å². The molecule has 0 heterocycles. The third kappa shape index (κ3) is 5.26. The second-order valence-electron chi connectivity index (χ2n) is 8.54. The predicted octanol–water partition coefficient (Wildman–Crippen LogP) is 7.86. The second kappa shape index (κ2) is 11.2. The predicted molar refractivity (Wildman–Crippen MR) is 127 cm³/mol. The smallest absolute Gasteiger partial charge is 0.201 e. The molecule has 1 aliphatic carbocycles. The van der Waals surface area contributed by atoms with Gasteiger partial charge in [-0.25, -0.2) is 13.2 Å². The van der Waals surface area contributed by atoms with Gasteiger partial charge in [-0.3, -0.25) is 0 Å². The van der Waals surface area contributed by atoms with E-state index in [0.717, 1.165) is 24.3 Å². The normalized spacial score (nSPS) is 15.4. The highest BCUT2D eigenvalue weighted by molar-refractivity contribution is 5.68. The van der Waals surface area contributed by atoms with Crippen LogP contribution in [-0.4, -0.2) is 20.3 Å². The number of methoxy groups -OCH3 is 1. The van der Waals surface area contributed by atoms with Crippen molar-refractivity contribution in [1.82, 2.24) is 0 Å². The van der Waals surface area contributed by atoms with Gasteiger partial charge in [0.15, 0.2) is 34.7 Å². The maximum Gasteiger partial charge on any atom is 0.201 e. The SMILES string of the molecule is CCOc1ccc(-c2ccc(OCC3CC=C(c4ccc(OC)c(F)c4F)CC3)c(F)c2F)c(F)c1F. The summed E-state index contributed by atoms with van der Waals surface area (Å²) in [5, 5.41) is 0. The van der Waals surface area contributed by atoms with Gasteiger partial charge in [-0.1, -0.05) is 6.08 Å². The first-order valence-electron chi connectivity index (χ1n) is 11.7. The highest BCUT2D eigenvalue weighted by atomic mass is 19.2. The molecule has 1 unspecified atom stereocenters. The minimum absolute atomic E-state index is 0.0466. The molecule has 1 atom stereocenters. The molecule has 3 aromatic carbocycles. The van der Waals surface area contributed by atoms with Gasteiger partial charge in [0, 0.05) is 16.7 Å². The van der Waals surface area contributed by atoms with Gasteiger partial charge in [0.1, 0.15) is 0 Å². The van der Waals surface area contributed by atoms with Crippen molar-refractivity contribution in [3.8, 4) is 28.4 Å². The van der Waals surface area contributed by atoms with Gasteiger partial charge in [-0.05, 0) is 74.1 Å². The van der Waals surface area contributed by atoms with Gasteiger partial charge in [-0.2, -0.15) is 13.2 Å². The maximum absolute atomic E-state index is 14.8. The first-order chi connectivity index (χ1) is 17.8. The van der Waals surface area contributed by atoms with Crippen LogP contribution in [0.4, 0.5) is 26.3 Å². The summed E-state index contributed by atoms with van der Waals surface area (Å²) in [6.07, 6.45) is 3.22. The second-order valence-corrected chi connectivity index (χ2v) is 8.54. The van der Waals surface area contributed by atoms with Crippen LogP contribution in [0, 0.1) is 40.8 Å². The van der Waals surface area contributed by atoms with Crippen molar-refractivity contribution in [2.75, 3.05) is 20.3 Å². The number of hydrogen-bond acceptors (Lipinski definition) is 3. The van der Waals surface area contributed by atoms with Crippen LogP contribution in [0.2, 0.25) is 0 Å². The largest absolute Gasteiger partial charge is 0.494 e. The van der Waals surface area contributed by atoms with Crippen LogP contribution in [0.1, 0.15) is 31.7 Å². The highest BCUT2D eigenvalue weighted by Gasteiger charge is 2.24. The van der Waals surface area contributed by atoms with Gasteiger partial charge >= 0.3 is 0 Å². The minimum atomic E-state index is -1.37. The van der Waals surface area contributed by atoms with Crippen LogP contribution in [0.25, 0.3) is 16.7 Å². The van der Waals surface area contributed by atoms with Crippen molar-refractivity contribution in [1.29, 1.82) is 0 Å². The van der Waals surface area contributed by atoms with Crippen LogP contribution < -0.4 is 14.2 Å². The lowest BCUT2D eigenvalue weighted by Crippen LogP contribution is -2.16. The fourth-order valence-corrected chi connectivity index (χ4v) is 4.29. The summed E-state index contributed by atoms with van der Waals surface area (Å²) in [5.41, 5.74) is -0.111. The lowest BCUT2D eigenvalue weighted by atomic mass is 9.87. The fraction of sp³-hybridized carbons (Fsp3) is 0.286. The van der Waals surface area contributed by atoms with Crippen molar-refractivity contribution in [3.63, 3.8) is 0 Å². The van der Waals surface area contributed by atoms with E-state index in [1.54, 1.807) is 13.0 Å². The quantitative estimate of drug-likeness (QED) is 0.282. The Morgan fingerprint density at radius 1 is 0.676 bits per heavy atom. The van der Waals surface area contributed by atoms with E-state index < -0.39 is 46.0 Å². The van der Waals surface area contributed by atoms with Gasteiger partial charge < -0.3 is 14.2 Å². The average molecular weight is 522 g/mol. The Morgan fingerprint density at radius 3 is 1.73 bits per heavy atom. The molecule has 0 fully saturated rings. The zero-order valence-corrected chi connectivity index (χ0v) is 20.1. The Labute approximate surface area is 210 Å². The van der Waals surface area contributed by atoms with E-state index in [1.807, 2.05) is 0 Å². The molecule has 0 bridgehead atoms. The van der Waals surface area contributed by atoms with E-state index >= 15 is 0 Å². The molecule has 0 aliphatic heterocycles. The number of hydrogen-bond donors (Lipinski definition) is 0. The monoisotopic (exact) mass is 522 g/mol. The summed E-state index contributed by atoms with van der Waals surface area (Å²) in [6.45, 7) is 1.76. The van der Waals surface area contributed by atoms with Crippen molar-refractivity contribution in [3.05, 3.63) is 82.9 Å². The van der Waals surface area contributed by atoms with E-state index in [9.17, 15) is 26.3 Å². The molecule has 0 saturated carbocycles. The topological polar surface area (TPSA) is 27.7 Å². The third-order valence-electron chi connectivity index (χ3n) is 6.29. The molecule has 1 aliphatic rings. The van der Waals surface area contributed by atoms with E-state index in [4.69, 9.17) is 14.2 Å². The number of benzene rings is 3. The maximum atomic E-state index is 14.8. The fourth-order valence-electron chi connectivity index (χ4n) is 4.29. The Bertz CT molecular complexity index is 1340. The molecule has 3 nitrogen and oxygen atoms in total. The molecular formula is C28H24F6O3. The van der Waals surface area contributed by atoms with Crippen LogP contribution >= 0.6 is 0 Å². The number of rotatable bonds is 8. The number of ether oxygens (including phenoxy) is 3. The average Bonchev–Trinajstić information content (AvgIpc) is 2.90. The summed E-state index contributed by atoms with van der Waals surface area (Å²) in [4.78, 5) is 0. The molecule has 37 heavy (non-hydrogen) atoms. The zero-order chi connectivity index (χ0) is 26.7. The first kappa shape index (κ1) is 26.4. The van der Waals surface area contributed by atoms with Crippen molar-refractivity contribution in [2.24, 2.45) is 5.92 Å². The molecule has 0 saturated heterocycles. The number of halogens is 6. The Hall–Kier alpha value is -3.62. The Balaban J connectivity index is 1.45. The van der Waals surface area contributed by atoms with Crippen LogP contribution in [0.15, 0.2) is 42.5 Å². The molecule has 3 aromatic rings. The lowest BCUT2D eigenvalue weighted by molar-refractivity contribution is 0.228. The molecule has 196 valence electrons. The molecule has 0 N–H and O–H groups in total. The molecule has 0 amide bonds. The van der Waals surface area contributed by atoms with Crippen molar-refractivity contribution < 1.29 is 40.6 Å². The summed E-state index contributed by atoms with van der Waals surface area (Å²) in [7, 11) is 1.25. The van der Waals surface area contributed by atoms with Gasteiger partial charge in [-0.15, -0.1) is 0 Å². The molecule has 0 spiro atoms. The summed E-state index contributed by atoms with van der Waals surface area (Å²) < 4.78 is 102. The summed E-state index contributed by atoms with van der Waals surface area (Å²) >= 11 is 0. The Morgan fingerprint density at radius 2 is 1.19 bits per heavy atom. The van der Waals surface area contributed by atoms with Crippen LogP contribution in [0.3, 0.4) is 0 Å². The molecule has 4 rings (SSSR count). The van der Waals surface area contributed by atoms with Gasteiger partial charge in [0.05, 0.1) is 20.3 Å². The summed E-state index contributed by atoms with van der Waals surface area (Å²) in [5.74, 6) is -8.33. The zero-order valence-electron chi connectivity index (χ0n) is 20.1. The van der Waals surface area contributed by atoms with E-state index in [-0.39, 0.29) is 41.9 Å². The molecule has 0 aromatic heterocycles. The third-order valence-corrected chi connectivity index (χ3v) is 6.29.